The van der Waals surface area contributed by atoms with E-state index in [1.54, 1.807) is 0 Å². The minimum Gasteiger partial charge on any atom is -0.478 e. The van der Waals surface area contributed by atoms with Crippen molar-refractivity contribution in [2.75, 3.05) is 6.54 Å². The minimum atomic E-state index is -1.26. The lowest BCUT2D eigenvalue weighted by atomic mass is 10.3. The molecule has 0 saturated carbocycles. The average Bonchev–Trinajstić information content (AvgIpc) is 2.26. The topological polar surface area (TPSA) is 175 Å². The molecule has 0 fully saturated rings. The molecule has 0 aromatic heterocycles. The molecule has 0 rings (SSSR count). The van der Waals surface area contributed by atoms with E-state index in [0.717, 1.165) is 12.8 Å². The molecule has 0 amide bonds. The zero-order chi connectivity index (χ0) is 15.3. The number of carboxylic acid groups (broad SMARTS) is 2. The Hall–Kier alpha value is -2.29. The van der Waals surface area contributed by atoms with E-state index in [0.29, 0.717) is 18.7 Å². The smallest absolute Gasteiger partial charge is 0.328 e. The van der Waals surface area contributed by atoms with Crippen molar-refractivity contribution in [2.24, 2.45) is 16.5 Å². The summed E-state index contributed by atoms with van der Waals surface area (Å²) in [4.78, 5) is 23.0. The summed E-state index contributed by atoms with van der Waals surface area (Å²) in [6.45, 7) is 2.76. The Kier molecular flexibility index (Phi) is 16.9. The number of nitrogens with zero attached hydrogens (tertiary/aromatic N) is 1. The molecule has 10 heteroatoms. The summed E-state index contributed by atoms with van der Waals surface area (Å²) in [6, 6.07) is 0. The first-order chi connectivity index (χ1) is 8.79. The normalized spacial score (nSPS) is 9.95. The third-order valence-corrected chi connectivity index (χ3v) is 1.43. The number of nitrogens with one attached hydrogen (secondary N) is 2. The molecule has 0 bridgehead atoms. The Balaban J connectivity index is -0.000000288. The fraction of sp³-hybridized carbons (Fsp3) is 0.400. The quantitative estimate of drug-likeness (QED) is 0.175. The standard InChI is InChI=1S/C6H15N5.C4H4O4.ClH/c1-2-3-4-10-6(9)11-5(7)8;5-3(6)1-2-4(7)8;/h2-4H2,1H3,(H6,7,8,9,10,11);1-2H,(H,5,6)(H,7,8);1H/b;2-1+;. The average molecular weight is 310 g/mol. The predicted molar refractivity (Wildman–Crippen MR) is 78.1 cm³/mol. The number of hydrogen-bond acceptors (Lipinski definition) is 4. The molecule has 0 radical (unpaired) electrons. The van der Waals surface area contributed by atoms with E-state index in [2.05, 4.69) is 17.2 Å². The Bertz CT molecular complexity index is 355. The van der Waals surface area contributed by atoms with E-state index in [-0.39, 0.29) is 24.3 Å². The van der Waals surface area contributed by atoms with Gasteiger partial charge in [-0.05, 0) is 6.42 Å². The van der Waals surface area contributed by atoms with Crippen molar-refractivity contribution in [3.8, 4) is 0 Å². The number of nitrogens with two attached hydrogens (primary N) is 2. The third-order valence-electron chi connectivity index (χ3n) is 1.43. The minimum absolute atomic E-state index is 0. The van der Waals surface area contributed by atoms with Crippen LogP contribution in [-0.4, -0.2) is 40.6 Å². The van der Waals surface area contributed by atoms with E-state index in [4.69, 9.17) is 27.1 Å². The summed E-state index contributed by atoms with van der Waals surface area (Å²) in [5, 5.41) is 24.8. The van der Waals surface area contributed by atoms with Gasteiger partial charge in [-0.3, -0.25) is 15.7 Å². The molecular formula is C10H20ClN5O4. The highest BCUT2D eigenvalue weighted by Crippen LogP contribution is 1.85. The second-order valence-corrected chi connectivity index (χ2v) is 3.17. The first-order valence-electron chi connectivity index (χ1n) is 5.34. The Labute approximate surface area is 122 Å². The van der Waals surface area contributed by atoms with Gasteiger partial charge in [-0.2, -0.15) is 0 Å². The Morgan fingerprint density at radius 2 is 1.70 bits per heavy atom. The van der Waals surface area contributed by atoms with Crippen LogP contribution < -0.4 is 16.8 Å². The number of rotatable bonds is 5. The lowest BCUT2D eigenvalue weighted by molar-refractivity contribution is -0.134. The van der Waals surface area contributed by atoms with Crippen molar-refractivity contribution in [3.63, 3.8) is 0 Å². The van der Waals surface area contributed by atoms with Crippen LogP contribution in [0.3, 0.4) is 0 Å². The number of aliphatic carboxylic acids is 2. The van der Waals surface area contributed by atoms with E-state index in [1.165, 1.54) is 0 Å². The summed E-state index contributed by atoms with van der Waals surface area (Å²) in [5.41, 5.74) is 10.3. The molecule has 0 saturated heterocycles. The van der Waals surface area contributed by atoms with Crippen molar-refractivity contribution in [1.82, 2.24) is 5.32 Å². The van der Waals surface area contributed by atoms with E-state index in [9.17, 15) is 9.59 Å². The fourth-order valence-electron chi connectivity index (χ4n) is 0.678. The lowest BCUT2D eigenvalue weighted by Gasteiger charge is -2.00. The second-order valence-electron chi connectivity index (χ2n) is 3.17. The zero-order valence-electron chi connectivity index (χ0n) is 11.0. The van der Waals surface area contributed by atoms with Crippen molar-refractivity contribution < 1.29 is 19.8 Å². The van der Waals surface area contributed by atoms with E-state index < -0.39 is 11.9 Å². The van der Waals surface area contributed by atoms with E-state index >= 15 is 0 Å². The molecule has 0 atom stereocenters. The van der Waals surface area contributed by atoms with Gasteiger partial charge in [0, 0.05) is 18.7 Å². The first kappa shape index (κ1) is 22.9. The molecule has 0 aliphatic carbocycles. The first-order valence-corrected chi connectivity index (χ1v) is 5.34. The molecule has 9 nitrogen and oxygen atoms in total. The highest BCUT2D eigenvalue weighted by molar-refractivity contribution is 5.95. The molecule has 8 N–H and O–H groups in total. The number of unbranched alkanes of at least 4 members (excludes halogenated alkanes) is 1. The second kappa shape index (κ2) is 14.8. The van der Waals surface area contributed by atoms with Gasteiger partial charge in [0.15, 0.2) is 11.9 Å². The maximum absolute atomic E-state index is 9.55. The number of guanidine groups is 2. The van der Waals surface area contributed by atoms with Gasteiger partial charge in [0.25, 0.3) is 0 Å². The van der Waals surface area contributed by atoms with E-state index in [1.807, 2.05) is 0 Å². The molecule has 0 spiro atoms. The monoisotopic (exact) mass is 309 g/mol. The maximum Gasteiger partial charge on any atom is 0.328 e. The zero-order valence-corrected chi connectivity index (χ0v) is 11.8. The molecule has 0 aliphatic heterocycles. The van der Waals surface area contributed by atoms with Crippen LogP contribution in [0.15, 0.2) is 17.1 Å². The summed E-state index contributed by atoms with van der Waals surface area (Å²) in [5.74, 6) is -2.48. The van der Waals surface area contributed by atoms with Gasteiger partial charge in [-0.1, -0.05) is 13.3 Å². The largest absolute Gasteiger partial charge is 0.478 e. The van der Waals surface area contributed by atoms with Crippen LogP contribution in [0.5, 0.6) is 0 Å². The molecule has 116 valence electrons. The SMILES string of the molecule is CCCCN=C(N)NC(=N)N.Cl.O=C(O)/C=C/C(=O)O. The molecule has 0 heterocycles. The van der Waals surface area contributed by atoms with Gasteiger partial charge in [0.2, 0.25) is 0 Å². The Morgan fingerprint density at radius 3 is 2.00 bits per heavy atom. The Morgan fingerprint density at radius 1 is 1.25 bits per heavy atom. The number of aliphatic imine (C=N–C) groups is 1. The number of halogens is 1. The molecule has 0 unspecified atom stereocenters. The van der Waals surface area contributed by atoms with Gasteiger partial charge >= 0.3 is 11.9 Å². The number of carbonyl (C=O) groups is 2. The molecular weight excluding hydrogens is 290 g/mol. The molecule has 20 heavy (non-hydrogen) atoms. The highest BCUT2D eigenvalue weighted by atomic mass is 35.5. The van der Waals surface area contributed by atoms with Crippen LogP contribution in [-0.2, 0) is 9.59 Å². The van der Waals surface area contributed by atoms with Crippen LogP contribution in [0, 0.1) is 5.41 Å². The number of carboxylic acids is 2. The molecule has 0 aromatic rings. The summed E-state index contributed by atoms with van der Waals surface area (Å²) in [6.07, 6.45) is 3.20. The van der Waals surface area contributed by atoms with Crippen LogP contribution in [0.2, 0.25) is 0 Å². The van der Waals surface area contributed by atoms with Crippen LogP contribution in [0.4, 0.5) is 0 Å². The highest BCUT2D eigenvalue weighted by Gasteiger charge is 1.90. The fourth-order valence-corrected chi connectivity index (χ4v) is 0.678. The van der Waals surface area contributed by atoms with Gasteiger partial charge in [-0.15, -0.1) is 12.4 Å². The van der Waals surface area contributed by atoms with Crippen LogP contribution in [0.1, 0.15) is 19.8 Å². The van der Waals surface area contributed by atoms with Crippen molar-refractivity contribution in [1.29, 1.82) is 5.41 Å². The van der Waals surface area contributed by atoms with Gasteiger partial charge in [-0.25, -0.2) is 9.59 Å². The predicted octanol–water partition coefficient (Wildman–Crippen LogP) is -0.282. The lowest BCUT2D eigenvalue weighted by Crippen LogP contribution is -2.40. The molecule has 0 aromatic carbocycles. The van der Waals surface area contributed by atoms with Gasteiger partial charge in [0.05, 0.1) is 0 Å². The number of hydrogen-bond donors (Lipinski definition) is 6. The summed E-state index contributed by atoms with van der Waals surface area (Å²) >= 11 is 0. The van der Waals surface area contributed by atoms with Crippen LogP contribution >= 0.6 is 12.4 Å². The van der Waals surface area contributed by atoms with Gasteiger partial charge in [0.1, 0.15) is 0 Å². The van der Waals surface area contributed by atoms with Gasteiger partial charge < -0.3 is 21.7 Å². The van der Waals surface area contributed by atoms with Crippen molar-refractivity contribution >= 4 is 36.3 Å². The summed E-state index contributed by atoms with van der Waals surface area (Å²) < 4.78 is 0. The van der Waals surface area contributed by atoms with Crippen molar-refractivity contribution in [2.45, 2.75) is 19.8 Å². The van der Waals surface area contributed by atoms with Crippen molar-refractivity contribution in [3.05, 3.63) is 12.2 Å². The maximum atomic E-state index is 9.55. The summed E-state index contributed by atoms with van der Waals surface area (Å²) in [7, 11) is 0. The van der Waals surface area contributed by atoms with Crippen LogP contribution in [0.25, 0.3) is 0 Å². The third kappa shape index (κ3) is 24.8. The molecule has 0 aliphatic rings.